The topological polar surface area (TPSA) is 58.2 Å². The van der Waals surface area contributed by atoms with Gasteiger partial charge < -0.3 is 5.32 Å². The van der Waals surface area contributed by atoms with Crippen molar-refractivity contribution in [2.24, 2.45) is 5.41 Å². The number of sulfonamides is 1. The van der Waals surface area contributed by atoms with E-state index in [1.54, 1.807) is 6.92 Å². The van der Waals surface area contributed by atoms with Gasteiger partial charge in [-0.1, -0.05) is 27.7 Å². The van der Waals surface area contributed by atoms with E-state index in [2.05, 4.69) is 17.0 Å². The number of rotatable bonds is 7. The van der Waals surface area contributed by atoms with Gasteiger partial charge in [0.05, 0.1) is 5.25 Å². The zero-order valence-corrected chi connectivity index (χ0v) is 11.9. The normalized spacial score (nSPS) is 15.1. The zero-order valence-electron chi connectivity index (χ0n) is 11.1. The molecule has 0 rings (SSSR count). The van der Waals surface area contributed by atoms with Crippen LogP contribution in [0, 0.1) is 5.41 Å². The Morgan fingerprint density at radius 3 is 2.25 bits per heavy atom. The molecular weight excluding hydrogens is 224 g/mol. The number of hydrogen-bond donors (Lipinski definition) is 2. The number of nitrogens with one attached hydrogen (secondary N) is 2. The van der Waals surface area contributed by atoms with E-state index in [0.29, 0.717) is 13.1 Å². The maximum Gasteiger partial charge on any atom is 0.215 e. The van der Waals surface area contributed by atoms with Gasteiger partial charge in [0.25, 0.3) is 0 Å². The van der Waals surface area contributed by atoms with Crippen LogP contribution in [-0.2, 0) is 10.0 Å². The molecule has 2 N–H and O–H groups in total. The first-order valence-corrected chi connectivity index (χ1v) is 7.43. The molecule has 0 aromatic heterocycles. The Labute approximate surface area is 100 Å². The fourth-order valence-electron chi connectivity index (χ4n) is 1.05. The second kappa shape index (κ2) is 6.57. The SMILES string of the molecule is CCCNCC(C)S(=O)(=O)NCC(C)(C)C. The lowest BCUT2D eigenvalue weighted by Gasteiger charge is -2.21. The monoisotopic (exact) mass is 250 g/mol. The van der Waals surface area contributed by atoms with Gasteiger partial charge in [-0.25, -0.2) is 13.1 Å². The summed E-state index contributed by atoms with van der Waals surface area (Å²) < 4.78 is 26.3. The lowest BCUT2D eigenvalue weighted by Crippen LogP contribution is -2.42. The summed E-state index contributed by atoms with van der Waals surface area (Å²) >= 11 is 0. The lowest BCUT2D eigenvalue weighted by molar-refractivity contribution is 0.406. The molecule has 0 amide bonds. The molecule has 0 heterocycles. The molecule has 0 bridgehead atoms. The summed E-state index contributed by atoms with van der Waals surface area (Å²) in [6.07, 6.45) is 1.02. The fraction of sp³-hybridized carbons (Fsp3) is 1.00. The lowest BCUT2D eigenvalue weighted by atomic mass is 9.98. The van der Waals surface area contributed by atoms with Crippen molar-refractivity contribution in [2.45, 2.75) is 46.3 Å². The molecule has 5 heteroatoms. The molecule has 0 saturated heterocycles. The molecule has 0 aromatic carbocycles. The second-order valence-electron chi connectivity index (χ2n) is 5.44. The van der Waals surface area contributed by atoms with Crippen LogP contribution in [0.5, 0.6) is 0 Å². The van der Waals surface area contributed by atoms with Gasteiger partial charge in [0.1, 0.15) is 0 Å². The maximum atomic E-state index is 11.8. The summed E-state index contributed by atoms with van der Waals surface area (Å²) in [5.41, 5.74) is -0.0242. The number of hydrogen-bond acceptors (Lipinski definition) is 3. The largest absolute Gasteiger partial charge is 0.315 e. The Balaban J connectivity index is 4.11. The average molecular weight is 250 g/mol. The van der Waals surface area contributed by atoms with Crippen molar-refractivity contribution in [3.05, 3.63) is 0 Å². The third kappa shape index (κ3) is 7.19. The smallest absolute Gasteiger partial charge is 0.215 e. The van der Waals surface area contributed by atoms with E-state index in [1.807, 2.05) is 20.8 Å². The highest BCUT2D eigenvalue weighted by atomic mass is 32.2. The molecule has 16 heavy (non-hydrogen) atoms. The van der Waals surface area contributed by atoms with Crippen LogP contribution < -0.4 is 10.0 Å². The molecule has 4 nitrogen and oxygen atoms in total. The van der Waals surface area contributed by atoms with E-state index in [9.17, 15) is 8.42 Å². The summed E-state index contributed by atoms with van der Waals surface area (Å²) in [6.45, 7) is 11.7. The molecule has 0 fully saturated rings. The molecule has 1 unspecified atom stereocenters. The third-order valence-corrected chi connectivity index (χ3v) is 3.96. The molecule has 0 aliphatic carbocycles. The first kappa shape index (κ1) is 15.9. The van der Waals surface area contributed by atoms with E-state index in [-0.39, 0.29) is 10.7 Å². The van der Waals surface area contributed by atoms with Gasteiger partial charge >= 0.3 is 0 Å². The second-order valence-corrected chi connectivity index (χ2v) is 7.62. The van der Waals surface area contributed by atoms with Crippen LogP contribution in [0.2, 0.25) is 0 Å². The van der Waals surface area contributed by atoms with E-state index in [1.165, 1.54) is 0 Å². The van der Waals surface area contributed by atoms with Crippen molar-refractivity contribution < 1.29 is 8.42 Å². The molecule has 98 valence electrons. The quantitative estimate of drug-likeness (QED) is 0.670. The summed E-state index contributed by atoms with van der Waals surface area (Å²) in [5.74, 6) is 0. The molecular formula is C11H26N2O2S. The minimum absolute atomic E-state index is 0.0242. The molecule has 0 radical (unpaired) electrons. The minimum atomic E-state index is -3.19. The molecule has 1 atom stereocenters. The van der Waals surface area contributed by atoms with E-state index in [4.69, 9.17) is 0 Å². The van der Waals surface area contributed by atoms with E-state index in [0.717, 1.165) is 13.0 Å². The van der Waals surface area contributed by atoms with Gasteiger partial charge in [0, 0.05) is 13.1 Å². The Morgan fingerprint density at radius 1 is 1.25 bits per heavy atom. The van der Waals surface area contributed by atoms with Crippen molar-refractivity contribution in [3.8, 4) is 0 Å². The fourth-order valence-corrected chi connectivity index (χ4v) is 2.31. The van der Waals surface area contributed by atoms with Crippen molar-refractivity contribution >= 4 is 10.0 Å². The van der Waals surface area contributed by atoms with E-state index < -0.39 is 10.0 Å². The van der Waals surface area contributed by atoms with Gasteiger partial charge in [0.15, 0.2) is 0 Å². The van der Waals surface area contributed by atoms with Crippen LogP contribution >= 0.6 is 0 Å². The first-order valence-electron chi connectivity index (χ1n) is 5.88. The van der Waals surface area contributed by atoms with Gasteiger partial charge in [-0.05, 0) is 25.3 Å². The van der Waals surface area contributed by atoms with Gasteiger partial charge in [0.2, 0.25) is 10.0 Å². The average Bonchev–Trinajstić information content (AvgIpc) is 2.14. The predicted octanol–water partition coefficient (Wildman–Crippen LogP) is 1.34. The minimum Gasteiger partial charge on any atom is -0.315 e. The Morgan fingerprint density at radius 2 is 1.81 bits per heavy atom. The third-order valence-electron chi connectivity index (χ3n) is 2.19. The van der Waals surface area contributed by atoms with Crippen LogP contribution in [-0.4, -0.2) is 33.3 Å². The predicted molar refractivity (Wildman–Crippen MR) is 69.0 cm³/mol. The molecule has 0 aromatic rings. The molecule has 0 saturated carbocycles. The van der Waals surface area contributed by atoms with Crippen LogP contribution in [0.15, 0.2) is 0 Å². The Bertz CT molecular complexity index is 281. The van der Waals surface area contributed by atoms with Crippen molar-refractivity contribution in [2.75, 3.05) is 19.6 Å². The summed E-state index contributed by atoms with van der Waals surface area (Å²) in [7, 11) is -3.19. The van der Waals surface area contributed by atoms with Crippen molar-refractivity contribution in [1.82, 2.24) is 10.0 Å². The molecule has 0 aliphatic rings. The maximum absolute atomic E-state index is 11.8. The summed E-state index contributed by atoms with van der Waals surface area (Å²) in [5, 5.41) is 2.73. The highest BCUT2D eigenvalue weighted by Crippen LogP contribution is 2.11. The Hall–Kier alpha value is -0.130. The highest BCUT2D eigenvalue weighted by Gasteiger charge is 2.22. The van der Waals surface area contributed by atoms with Crippen LogP contribution in [0.4, 0.5) is 0 Å². The van der Waals surface area contributed by atoms with Gasteiger partial charge in [-0.3, -0.25) is 0 Å². The van der Waals surface area contributed by atoms with Crippen LogP contribution in [0.3, 0.4) is 0 Å². The van der Waals surface area contributed by atoms with Gasteiger partial charge in [-0.2, -0.15) is 0 Å². The standard InChI is InChI=1S/C11H26N2O2S/c1-6-7-12-8-10(2)16(14,15)13-9-11(3,4)5/h10,12-13H,6-9H2,1-5H3. The summed E-state index contributed by atoms with van der Waals surface area (Å²) in [4.78, 5) is 0. The van der Waals surface area contributed by atoms with Crippen molar-refractivity contribution in [3.63, 3.8) is 0 Å². The summed E-state index contributed by atoms with van der Waals surface area (Å²) in [6, 6.07) is 0. The highest BCUT2D eigenvalue weighted by molar-refractivity contribution is 7.90. The molecule has 0 spiro atoms. The Kier molecular flexibility index (Phi) is 6.51. The van der Waals surface area contributed by atoms with Crippen molar-refractivity contribution in [1.29, 1.82) is 0 Å². The van der Waals surface area contributed by atoms with Crippen LogP contribution in [0.1, 0.15) is 41.0 Å². The van der Waals surface area contributed by atoms with E-state index >= 15 is 0 Å². The zero-order chi connectivity index (χ0) is 12.8. The van der Waals surface area contributed by atoms with Crippen LogP contribution in [0.25, 0.3) is 0 Å². The first-order chi connectivity index (χ1) is 7.19. The molecule has 0 aliphatic heterocycles. The van der Waals surface area contributed by atoms with Gasteiger partial charge in [-0.15, -0.1) is 0 Å².